The molecule has 0 aromatic heterocycles. The first-order valence-electron chi connectivity index (χ1n) is 9.55. The third-order valence-corrected chi connectivity index (χ3v) is 5.56. The summed E-state index contributed by atoms with van der Waals surface area (Å²) in [6.45, 7) is 4.50. The second-order valence-corrected chi connectivity index (χ2v) is 7.41. The quantitative estimate of drug-likeness (QED) is 0.717. The van der Waals surface area contributed by atoms with Crippen LogP contribution < -0.4 is 5.32 Å². The number of para-hydroxylation sites is 1. The Morgan fingerprint density at radius 1 is 0.815 bits per heavy atom. The maximum absolute atomic E-state index is 10.9. The van der Waals surface area contributed by atoms with E-state index >= 15 is 0 Å². The molecule has 2 aromatic rings. The van der Waals surface area contributed by atoms with Crippen molar-refractivity contribution in [3.8, 4) is 16.9 Å². The summed E-state index contributed by atoms with van der Waals surface area (Å²) in [5.74, 6) is 1.44. The zero-order chi connectivity index (χ0) is 18.8. The SMILES string of the molecule is CC1C=CC(C2=CC(c3cccc(-c4ccccc4)c3O)NC=C2)=CC1C. The molecule has 2 nitrogen and oxygen atoms in total. The fourth-order valence-electron chi connectivity index (χ4n) is 3.67. The summed E-state index contributed by atoms with van der Waals surface area (Å²) < 4.78 is 0. The van der Waals surface area contributed by atoms with Gasteiger partial charge in [0.15, 0.2) is 0 Å². The molecule has 1 aliphatic heterocycles. The molecule has 2 aliphatic rings. The highest BCUT2D eigenvalue weighted by atomic mass is 16.3. The molecule has 2 aromatic carbocycles. The molecule has 1 heterocycles. The minimum Gasteiger partial charge on any atom is -0.507 e. The number of aromatic hydroxyl groups is 1. The minimum atomic E-state index is -0.0578. The Morgan fingerprint density at radius 2 is 1.59 bits per heavy atom. The third kappa shape index (κ3) is 3.48. The summed E-state index contributed by atoms with van der Waals surface area (Å²) in [6, 6.07) is 15.9. The van der Waals surface area contributed by atoms with Gasteiger partial charge < -0.3 is 10.4 Å². The van der Waals surface area contributed by atoms with Gasteiger partial charge in [-0.05, 0) is 46.9 Å². The van der Waals surface area contributed by atoms with E-state index in [0.717, 1.165) is 16.7 Å². The van der Waals surface area contributed by atoms with E-state index in [0.29, 0.717) is 17.6 Å². The lowest BCUT2D eigenvalue weighted by molar-refractivity contribution is 0.464. The van der Waals surface area contributed by atoms with Crippen molar-refractivity contribution in [3.05, 3.63) is 102 Å². The highest BCUT2D eigenvalue weighted by molar-refractivity contribution is 5.72. The number of allylic oxidation sites excluding steroid dienone is 6. The van der Waals surface area contributed by atoms with Crippen LogP contribution in [0.4, 0.5) is 0 Å². The van der Waals surface area contributed by atoms with E-state index in [-0.39, 0.29) is 6.04 Å². The number of nitrogens with one attached hydrogen (secondary N) is 1. The summed E-state index contributed by atoms with van der Waals surface area (Å²) in [5, 5.41) is 14.3. The minimum absolute atomic E-state index is 0.0578. The molecule has 27 heavy (non-hydrogen) atoms. The Labute approximate surface area is 161 Å². The van der Waals surface area contributed by atoms with Gasteiger partial charge in [0, 0.05) is 11.1 Å². The van der Waals surface area contributed by atoms with Crippen molar-refractivity contribution in [1.29, 1.82) is 0 Å². The maximum Gasteiger partial charge on any atom is 0.128 e. The number of dihydropyridines is 1. The molecule has 2 heteroatoms. The van der Waals surface area contributed by atoms with Gasteiger partial charge in [0.25, 0.3) is 0 Å². The Hall–Kier alpha value is -3.00. The molecule has 0 saturated heterocycles. The zero-order valence-corrected chi connectivity index (χ0v) is 15.8. The van der Waals surface area contributed by atoms with Gasteiger partial charge in [-0.3, -0.25) is 0 Å². The largest absolute Gasteiger partial charge is 0.507 e. The molecule has 136 valence electrons. The molecule has 0 radical (unpaired) electrons. The lowest BCUT2D eigenvalue weighted by Crippen LogP contribution is -2.18. The van der Waals surface area contributed by atoms with Crippen LogP contribution in [0.15, 0.2) is 96.3 Å². The van der Waals surface area contributed by atoms with Crippen molar-refractivity contribution < 1.29 is 5.11 Å². The van der Waals surface area contributed by atoms with Gasteiger partial charge in [-0.1, -0.05) is 80.6 Å². The van der Waals surface area contributed by atoms with Crippen LogP contribution >= 0.6 is 0 Å². The molecule has 3 atom stereocenters. The number of benzene rings is 2. The van der Waals surface area contributed by atoms with Crippen molar-refractivity contribution in [3.63, 3.8) is 0 Å². The molecular formula is C25H25NO. The fourth-order valence-corrected chi connectivity index (χ4v) is 3.67. The summed E-state index contributed by atoms with van der Waals surface area (Å²) in [5.41, 5.74) is 5.21. The van der Waals surface area contributed by atoms with E-state index in [1.165, 1.54) is 11.1 Å². The maximum atomic E-state index is 10.9. The van der Waals surface area contributed by atoms with Crippen molar-refractivity contribution in [1.82, 2.24) is 5.32 Å². The van der Waals surface area contributed by atoms with Crippen LogP contribution in [0.25, 0.3) is 11.1 Å². The number of phenols is 1. The van der Waals surface area contributed by atoms with E-state index in [1.54, 1.807) is 0 Å². The van der Waals surface area contributed by atoms with Crippen molar-refractivity contribution in [2.45, 2.75) is 19.9 Å². The van der Waals surface area contributed by atoms with Crippen LogP contribution in [0.2, 0.25) is 0 Å². The number of hydrogen-bond acceptors (Lipinski definition) is 2. The lowest BCUT2D eigenvalue weighted by Gasteiger charge is -2.24. The fraction of sp³-hybridized carbons (Fsp3) is 0.200. The number of phenolic OH excluding ortho intramolecular Hbond substituents is 1. The molecule has 0 saturated carbocycles. The molecule has 0 spiro atoms. The molecule has 0 fully saturated rings. The molecule has 2 N–H and O–H groups in total. The predicted octanol–water partition coefficient (Wildman–Crippen LogP) is 5.91. The summed E-state index contributed by atoms with van der Waals surface area (Å²) in [7, 11) is 0. The van der Waals surface area contributed by atoms with Gasteiger partial charge in [0.1, 0.15) is 5.75 Å². The number of hydrogen-bond donors (Lipinski definition) is 2. The Kier molecular flexibility index (Phi) is 4.72. The second-order valence-electron chi connectivity index (χ2n) is 7.41. The first-order valence-corrected chi connectivity index (χ1v) is 9.55. The predicted molar refractivity (Wildman–Crippen MR) is 112 cm³/mol. The summed E-state index contributed by atoms with van der Waals surface area (Å²) in [4.78, 5) is 0. The van der Waals surface area contributed by atoms with Crippen molar-refractivity contribution in [2.24, 2.45) is 11.8 Å². The Morgan fingerprint density at radius 3 is 2.37 bits per heavy atom. The molecular weight excluding hydrogens is 330 g/mol. The van der Waals surface area contributed by atoms with Crippen LogP contribution in [0, 0.1) is 11.8 Å². The molecule has 4 rings (SSSR count). The third-order valence-electron chi connectivity index (χ3n) is 5.56. The summed E-state index contributed by atoms with van der Waals surface area (Å²) in [6.07, 6.45) is 13.1. The normalized spacial score (nSPS) is 24.1. The van der Waals surface area contributed by atoms with Crippen molar-refractivity contribution in [2.75, 3.05) is 0 Å². The first-order chi connectivity index (χ1) is 13.1. The Bertz CT molecular complexity index is 950. The van der Waals surface area contributed by atoms with E-state index in [9.17, 15) is 5.11 Å². The molecule has 0 amide bonds. The van der Waals surface area contributed by atoms with Gasteiger partial charge in [-0.2, -0.15) is 0 Å². The Balaban J connectivity index is 1.69. The smallest absolute Gasteiger partial charge is 0.128 e. The molecule has 3 unspecified atom stereocenters. The summed E-state index contributed by atoms with van der Waals surface area (Å²) >= 11 is 0. The zero-order valence-electron chi connectivity index (χ0n) is 15.8. The first kappa shape index (κ1) is 17.4. The van der Waals surface area contributed by atoms with Gasteiger partial charge in [-0.15, -0.1) is 0 Å². The van der Waals surface area contributed by atoms with Crippen LogP contribution in [0.5, 0.6) is 5.75 Å². The van der Waals surface area contributed by atoms with E-state index in [2.05, 4.69) is 49.5 Å². The van der Waals surface area contributed by atoms with Crippen molar-refractivity contribution >= 4 is 0 Å². The topological polar surface area (TPSA) is 32.3 Å². The average molecular weight is 355 g/mol. The molecule has 1 aliphatic carbocycles. The molecule has 0 bridgehead atoms. The lowest BCUT2D eigenvalue weighted by atomic mass is 9.85. The van der Waals surface area contributed by atoms with Gasteiger partial charge in [0.2, 0.25) is 0 Å². The van der Waals surface area contributed by atoms with E-state index in [4.69, 9.17) is 0 Å². The van der Waals surface area contributed by atoms with Gasteiger partial charge in [-0.25, -0.2) is 0 Å². The number of rotatable bonds is 3. The van der Waals surface area contributed by atoms with E-state index < -0.39 is 0 Å². The van der Waals surface area contributed by atoms with Crippen LogP contribution in [0.1, 0.15) is 25.5 Å². The van der Waals surface area contributed by atoms with Gasteiger partial charge in [0.05, 0.1) is 6.04 Å². The highest BCUT2D eigenvalue weighted by Gasteiger charge is 2.20. The standard InChI is InChI=1S/C25H25NO/c1-17-11-12-20(15-18(17)2)21-13-14-26-24(16-21)23-10-6-9-22(25(23)27)19-7-4-3-5-8-19/h3-18,24,26-27H,1-2H3. The van der Waals surface area contributed by atoms with Gasteiger partial charge >= 0.3 is 0 Å². The highest BCUT2D eigenvalue weighted by Crippen LogP contribution is 2.37. The van der Waals surface area contributed by atoms with Crippen LogP contribution in [-0.2, 0) is 0 Å². The second kappa shape index (κ2) is 7.32. The van der Waals surface area contributed by atoms with E-state index in [1.807, 2.05) is 54.7 Å². The van der Waals surface area contributed by atoms with Crippen LogP contribution in [-0.4, -0.2) is 5.11 Å². The monoisotopic (exact) mass is 355 g/mol. The average Bonchev–Trinajstić information content (AvgIpc) is 2.71. The van der Waals surface area contributed by atoms with Crippen LogP contribution in [0.3, 0.4) is 0 Å².